The van der Waals surface area contributed by atoms with Crippen LogP contribution in [0, 0.1) is 25.2 Å². The summed E-state index contributed by atoms with van der Waals surface area (Å²) in [5.41, 5.74) is 10.7. The van der Waals surface area contributed by atoms with Crippen LogP contribution in [0.1, 0.15) is 56.8 Å². The maximum absolute atomic E-state index is 6.36. The number of rotatable bonds is 3. The molecule has 2 atom stereocenters. The highest BCUT2D eigenvalue weighted by molar-refractivity contribution is 5.35. The zero-order valence-corrected chi connectivity index (χ0v) is 12.2. The average Bonchev–Trinajstić information content (AvgIpc) is 2.20. The normalized spacial score (nSPS) is 15.7. The third-order valence-corrected chi connectivity index (χ3v) is 4.13. The first-order valence-corrected chi connectivity index (χ1v) is 6.55. The summed E-state index contributed by atoms with van der Waals surface area (Å²) in [6, 6.07) is 6.59. The van der Waals surface area contributed by atoms with E-state index in [0.717, 1.165) is 6.42 Å². The lowest BCUT2D eigenvalue weighted by atomic mass is 9.77. The summed E-state index contributed by atoms with van der Waals surface area (Å²) < 4.78 is 0. The maximum atomic E-state index is 6.36. The number of hydrogen-bond acceptors (Lipinski definition) is 1. The van der Waals surface area contributed by atoms with Gasteiger partial charge in [0.15, 0.2) is 0 Å². The van der Waals surface area contributed by atoms with Crippen LogP contribution in [-0.4, -0.2) is 0 Å². The smallest absolute Gasteiger partial charge is 0.0300 e. The SMILES string of the molecule is Cc1cccc(C(N)CC(C)C(C)(C)C)c1C. The molecule has 0 aromatic heterocycles. The highest BCUT2D eigenvalue weighted by atomic mass is 14.6. The Kier molecular flexibility index (Phi) is 4.37. The minimum atomic E-state index is 0.157. The predicted octanol–water partition coefficient (Wildman–Crippen LogP) is 4.38. The Hall–Kier alpha value is -0.820. The van der Waals surface area contributed by atoms with Crippen molar-refractivity contribution in [2.45, 2.75) is 54.0 Å². The van der Waals surface area contributed by atoms with Gasteiger partial charge in [0.05, 0.1) is 0 Å². The second kappa shape index (κ2) is 5.22. The van der Waals surface area contributed by atoms with Crippen LogP contribution in [0.25, 0.3) is 0 Å². The molecule has 0 amide bonds. The molecule has 1 nitrogen and oxygen atoms in total. The molecule has 0 aliphatic rings. The fourth-order valence-corrected chi connectivity index (χ4v) is 2.04. The van der Waals surface area contributed by atoms with Crippen molar-refractivity contribution in [3.63, 3.8) is 0 Å². The first-order chi connectivity index (χ1) is 7.73. The highest BCUT2D eigenvalue weighted by Gasteiger charge is 2.23. The van der Waals surface area contributed by atoms with E-state index in [2.05, 4.69) is 59.7 Å². The molecule has 1 aromatic carbocycles. The van der Waals surface area contributed by atoms with Gasteiger partial charge < -0.3 is 5.73 Å². The molecule has 0 saturated heterocycles. The van der Waals surface area contributed by atoms with Gasteiger partial charge in [-0.15, -0.1) is 0 Å². The monoisotopic (exact) mass is 233 g/mol. The van der Waals surface area contributed by atoms with Crippen LogP contribution in [0.3, 0.4) is 0 Å². The first-order valence-electron chi connectivity index (χ1n) is 6.55. The molecule has 2 N–H and O–H groups in total. The Morgan fingerprint density at radius 3 is 2.29 bits per heavy atom. The fraction of sp³-hybridized carbons (Fsp3) is 0.625. The molecule has 0 aliphatic carbocycles. The molecule has 0 radical (unpaired) electrons. The van der Waals surface area contributed by atoms with E-state index in [1.165, 1.54) is 16.7 Å². The van der Waals surface area contributed by atoms with Gasteiger partial charge in [-0.05, 0) is 48.3 Å². The lowest BCUT2D eigenvalue weighted by molar-refractivity contribution is 0.233. The van der Waals surface area contributed by atoms with E-state index in [1.54, 1.807) is 0 Å². The topological polar surface area (TPSA) is 26.0 Å². The number of aryl methyl sites for hydroxylation is 1. The van der Waals surface area contributed by atoms with E-state index in [4.69, 9.17) is 5.73 Å². The van der Waals surface area contributed by atoms with Crippen molar-refractivity contribution in [1.82, 2.24) is 0 Å². The van der Waals surface area contributed by atoms with Crippen LogP contribution in [0.15, 0.2) is 18.2 Å². The predicted molar refractivity (Wildman–Crippen MR) is 76.1 cm³/mol. The first kappa shape index (κ1) is 14.2. The number of benzene rings is 1. The van der Waals surface area contributed by atoms with E-state index >= 15 is 0 Å². The molecule has 1 aromatic rings. The Bertz CT molecular complexity index is 374. The van der Waals surface area contributed by atoms with E-state index in [1.807, 2.05) is 0 Å². The molecule has 1 heteroatoms. The molecule has 0 aliphatic heterocycles. The Labute approximate surface area is 106 Å². The molecule has 0 heterocycles. The molecule has 0 bridgehead atoms. The lowest BCUT2D eigenvalue weighted by Crippen LogP contribution is -2.23. The average molecular weight is 233 g/mol. The van der Waals surface area contributed by atoms with Crippen LogP contribution in [0.2, 0.25) is 0 Å². The minimum Gasteiger partial charge on any atom is -0.324 e. The highest BCUT2D eigenvalue weighted by Crippen LogP contribution is 2.33. The zero-order valence-electron chi connectivity index (χ0n) is 12.2. The van der Waals surface area contributed by atoms with Gasteiger partial charge in [-0.25, -0.2) is 0 Å². The van der Waals surface area contributed by atoms with Gasteiger partial charge in [-0.3, -0.25) is 0 Å². The number of hydrogen-bond donors (Lipinski definition) is 1. The molecule has 1 rings (SSSR count). The molecular weight excluding hydrogens is 206 g/mol. The zero-order chi connectivity index (χ0) is 13.2. The minimum absolute atomic E-state index is 0.157. The summed E-state index contributed by atoms with van der Waals surface area (Å²) in [6.45, 7) is 13.5. The molecule has 0 fully saturated rings. The van der Waals surface area contributed by atoms with Crippen LogP contribution in [0.4, 0.5) is 0 Å². The van der Waals surface area contributed by atoms with Gasteiger partial charge in [0.25, 0.3) is 0 Å². The van der Waals surface area contributed by atoms with Crippen molar-refractivity contribution in [3.8, 4) is 0 Å². The number of nitrogens with two attached hydrogens (primary N) is 1. The summed E-state index contributed by atoms with van der Waals surface area (Å²) >= 11 is 0. The summed E-state index contributed by atoms with van der Waals surface area (Å²) in [4.78, 5) is 0. The van der Waals surface area contributed by atoms with E-state index in [0.29, 0.717) is 11.3 Å². The van der Waals surface area contributed by atoms with Crippen LogP contribution in [-0.2, 0) is 0 Å². The molecule has 2 unspecified atom stereocenters. The molecule has 0 saturated carbocycles. The van der Waals surface area contributed by atoms with Crippen molar-refractivity contribution in [1.29, 1.82) is 0 Å². The van der Waals surface area contributed by atoms with Crippen LogP contribution in [0.5, 0.6) is 0 Å². The second-order valence-corrected chi connectivity index (χ2v) is 6.40. The van der Waals surface area contributed by atoms with Crippen molar-refractivity contribution in [2.75, 3.05) is 0 Å². The van der Waals surface area contributed by atoms with Gasteiger partial charge in [0, 0.05) is 6.04 Å². The van der Waals surface area contributed by atoms with Crippen molar-refractivity contribution in [3.05, 3.63) is 34.9 Å². The van der Waals surface area contributed by atoms with Crippen molar-refractivity contribution >= 4 is 0 Å². The van der Waals surface area contributed by atoms with Gasteiger partial charge >= 0.3 is 0 Å². The van der Waals surface area contributed by atoms with Gasteiger partial charge in [-0.1, -0.05) is 45.9 Å². The molecule has 17 heavy (non-hydrogen) atoms. The summed E-state index contributed by atoms with van der Waals surface area (Å²) in [5.74, 6) is 0.623. The molecular formula is C16H27N. The van der Waals surface area contributed by atoms with Gasteiger partial charge in [0.1, 0.15) is 0 Å². The maximum Gasteiger partial charge on any atom is 0.0300 e. The quantitative estimate of drug-likeness (QED) is 0.824. The summed E-state index contributed by atoms with van der Waals surface area (Å²) in [7, 11) is 0. The molecule has 0 spiro atoms. The Morgan fingerprint density at radius 2 is 1.76 bits per heavy atom. The van der Waals surface area contributed by atoms with Crippen LogP contribution < -0.4 is 5.73 Å². The van der Waals surface area contributed by atoms with Crippen molar-refractivity contribution < 1.29 is 0 Å². The fourth-order valence-electron chi connectivity index (χ4n) is 2.04. The van der Waals surface area contributed by atoms with E-state index in [9.17, 15) is 0 Å². The van der Waals surface area contributed by atoms with E-state index in [-0.39, 0.29) is 6.04 Å². The molecule has 96 valence electrons. The summed E-state index contributed by atoms with van der Waals surface area (Å²) in [6.07, 6.45) is 1.05. The lowest BCUT2D eigenvalue weighted by Gasteiger charge is -2.30. The summed E-state index contributed by atoms with van der Waals surface area (Å²) in [5, 5.41) is 0. The Morgan fingerprint density at radius 1 is 1.18 bits per heavy atom. The standard InChI is InChI=1S/C16H27N/c1-11-8-7-9-14(13(11)3)15(17)10-12(2)16(4,5)6/h7-9,12,15H,10,17H2,1-6H3. The largest absolute Gasteiger partial charge is 0.324 e. The Balaban J connectivity index is 2.84. The second-order valence-electron chi connectivity index (χ2n) is 6.40. The van der Waals surface area contributed by atoms with Gasteiger partial charge in [-0.2, -0.15) is 0 Å². The van der Waals surface area contributed by atoms with E-state index < -0.39 is 0 Å². The third kappa shape index (κ3) is 3.57. The third-order valence-electron chi connectivity index (χ3n) is 4.13. The van der Waals surface area contributed by atoms with Crippen LogP contribution >= 0.6 is 0 Å². The van der Waals surface area contributed by atoms with Crippen molar-refractivity contribution in [2.24, 2.45) is 17.1 Å². The van der Waals surface area contributed by atoms with Gasteiger partial charge in [0.2, 0.25) is 0 Å².